The van der Waals surface area contributed by atoms with Crippen LogP contribution in [0.15, 0.2) is 70.1 Å². The summed E-state index contributed by atoms with van der Waals surface area (Å²) in [6, 6.07) is 20.0. The van der Waals surface area contributed by atoms with Gasteiger partial charge in [-0.2, -0.15) is 0 Å². The number of furan rings is 1. The Morgan fingerprint density at radius 3 is 2.54 bits per heavy atom. The van der Waals surface area contributed by atoms with Gasteiger partial charge >= 0.3 is 0 Å². The number of aromatic nitrogens is 1. The zero-order valence-corrected chi connectivity index (χ0v) is 22.3. The van der Waals surface area contributed by atoms with Crippen molar-refractivity contribution in [3.63, 3.8) is 0 Å². The first kappa shape index (κ1) is 22.7. The summed E-state index contributed by atoms with van der Waals surface area (Å²) in [5.74, 6) is 1.25. The van der Waals surface area contributed by atoms with Crippen molar-refractivity contribution < 1.29 is 4.42 Å². The third-order valence-corrected chi connectivity index (χ3v) is 9.00. The molecule has 0 amide bonds. The van der Waals surface area contributed by atoms with E-state index < -0.39 is 0 Å². The van der Waals surface area contributed by atoms with Gasteiger partial charge in [-0.25, -0.2) is 0 Å². The van der Waals surface area contributed by atoms with Gasteiger partial charge in [-0.1, -0.05) is 65.8 Å². The fraction of sp³-hybridized carbons (Fsp3) is 0.344. The van der Waals surface area contributed by atoms with Gasteiger partial charge in [0.2, 0.25) is 0 Å². The summed E-state index contributed by atoms with van der Waals surface area (Å²) < 4.78 is 6.59. The molecular weight excluding hydrogens is 446 g/mol. The fourth-order valence-electron chi connectivity index (χ4n) is 5.66. The molecule has 3 heterocycles. The van der Waals surface area contributed by atoms with Crippen molar-refractivity contribution in [3.8, 4) is 11.3 Å². The van der Waals surface area contributed by atoms with Crippen molar-refractivity contribution in [2.75, 3.05) is 0 Å². The molecule has 1 aliphatic heterocycles. The van der Waals surface area contributed by atoms with E-state index in [1.165, 1.54) is 38.6 Å². The molecule has 0 radical (unpaired) electrons. The van der Waals surface area contributed by atoms with Gasteiger partial charge in [-0.15, -0.1) is 11.8 Å². The van der Waals surface area contributed by atoms with Crippen LogP contribution in [0.25, 0.3) is 44.0 Å². The van der Waals surface area contributed by atoms with Gasteiger partial charge in [0, 0.05) is 32.7 Å². The Hall–Kier alpha value is -2.78. The minimum Gasteiger partial charge on any atom is -0.454 e. The number of hydrogen-bond acceptors (Lipinski definition) is 3. The van der Waals surface area contributed by atoms with Crippen LogP contribution in [-0.2, 0) is 5.41 Å². The number of nitrogens with zero attached hydrogens (tertiary/aromatic N) is 1. The van der Waals surface area contributed by atoms with Crippen LogP contribution < -0.4 is 0 Å². The van der Waals surface area contributed by atoms with Gasteiger partial charge in [0.15, 0.2) is 5.58 Å². The standard InChI is InChI=1S/C32H33NOS/c1-18(2)13-28-19(3)24-16-27-25(17-29(24)35-28)23-11-12-33-30(31(23)34-27)21-14-20-9-7-8-10-22(20)26(15-21)32(4,5)6/h7-12,14-19,28H,13H2,1-6H3. The predicted molar refractivity (Wildman–Crippen MR) is 151 cm³/mol. The van der Waals surface area contributed by atoms with E-state index in [1.807, 2.05) is 18.0 Å². The minimum absolute atomic E-state index is 0.0259. The van der Waals surface area contributed by atoms with Crippen LogP contribution in [0.1, 0.15) is 65.0 Å². The molecule has 6 rings (SSSR count). The van der Waals surface area contributed by atoms with E-state index in [0.29, 0.717) is 17.1 Å². The molecule has 0 bridgehead atoms. The summed E-state index contributed by atoms with van der Waals surface area (Å²) >= 11 is 2.05. The van der Waals surface area contributed by atoms with Gasteiger partial charge in [0.05, 0.1) is 0 Å². The topological polar surface area (TPSA) is 26.0 Å². The molecule has 0 N–H and O–H groups in total. The lowest BCUT2D eigenvalue weighted by Gasteiger charge is -2.22. The van der Waals surface area contributed by atoms with Crippen LogP contribution in [0, 0.1) is 5.92 Å². The second kappa shape index (κ2) is 8.13. The second-order valence-corrected chi connectivity index (χ2v) is 12.9. The molecule has 5 aromatic rings. The highest BCUT2D eigenvalue weighted by atomic mass is 32.2. The van der Waals surface area contributed by atoms with E-state index in [0.717, 1.165) is 27.8 Å². The molecular formula is C32H33NOS. The molecule has 178 valence electrons. The number of pyridine rings is 1. The van der Waals surface area contributed by atoms with E-state index in [2.05, 4.69) is 96.1 Å². The highest BCUT2D eigenvalue weighted by Gasteiger charge is 2.32. The maximum Gasteiger partial charge on any atom is 0.161 e. The summed E-state index contributed by atoms with van der Waals surface area (Å²) in [6.45, 7) is 13.8. The van der Waals surface area contributed by atoms with E-state index in [1.54, 1.807) is 0 Å². The fourth-order valence-corrected chi connectivity index (χ4v) is 7.38. The Balaban J connectivity index is 1.54. The smallest absolute Gasteiger partial charge is 0.161 e. The first-order valence-corrected chi connectivity index (χ1v) is 13.6. The quantitative estimate of drug-likeness (QED) is 0.257. The Morgan fingerprint density at radius 1 is 0.971 bits per heavy atom. The molecule has 2 unspecified atom stereocenters. The lowest BCUT2D eigenvalue weighted by Crippen LogP contribution is -2.12. The van der Waals surface area contributed by atoms with E-state index >= 15 is 0 Å². The normalized spacial score (nSPS) is 18.3. The molecule has 2 aromatic heterocycles. The van der Waals surface area contributed by atoms with Crippen molar-refractivity contribution in [3.05, 3.63) is 71.9 Å². The zero-order valence-electron chi connectivity index (χ0n) is 21.5. The monoisotopic (exact) mass is 479 g/mol. The van der Waals surface area contributed by atoms with Crippen LogP contribution in [0.3, 0.4) is 0 Å². The maximum atomic E-state index is 6.59. The number of hydrogen-bond donors (Lipinski definition) is 0. The van der Waals surface area contributed by atoms with E-state index in [-0.39, 0.29) is 5.41 Å². The van der Waals surface area contributed by atoms with Gasteiger partial charge in [-0.3, -0.25) is 4.98 Å². The maximum absolute atomic E-state index is 6.59. The van der Waals surface area contributed by atoms with Crippen molar-refractivity contribution in [2.45, 2.75) is 69.4 Å². The molecule has 0 spiro atoms. The van der Waals surface area contributed by atoms with Gasteiger partial charge < -0.3 is 4.42 Å². The van der Waals surface area contributed by atoms with Crippen LogP contribution in [-0.4, -0.2) is 10.2 Å². The Bertz CT molecular complexity index is 1590. The zero-order chi connectivity index (χ0) is 24.5. The van der Waals surface area contributed by atoms with Crippen LogP contribution in [0.5, 0.6) is 0 Å². The highest BCUT2D eigenvalue weighted by Crippen LogP contribution is 2.50. The number of rotatable bonds is 3. The molecule has 2 atom stereocenters. The molecule has 0 saturated heterocycles. The van der Waals surface area contributed by atoms with Crippen molar-refractivity contribution >= 4 is 44.5 Å². The first-order chi connectivity index (χ1) is 16.7. The summed E-state index contributed by atoms with van der Waals surface area (Å²) in [5, 5.41) is 5.54. The van der Waals surface area contributed by atoms with Crippen LogP contribution >= 0.6 is 11.8 Å². The summed E-state index contributed by atoms with van der Waals surface area (Å²) in [5.41, 5.74) is 6.69. The number of thioether (sulfide) groups is 1. The molecule has 3 heteroatoms. The first-order valence-electron chi connectivity index (χ1n) is 12.8. The van der Waals surface area contributed by atoms with Gasteiger partial charge in [0.1, 0.15) is 11.3 Å². The van der Waals surface area contributed by atoms with Crippen LogP contribution in [0.2, 0.25) is 0 Å². The Kier molecular flexibility index (Phi) is 5.27. The summed E-state index contributed by atoms with van der Waals surface area (Å²) in [7, 11) is 0. The second-order valence-electron chi connectivity index (χ2n) is 11.6. The number of benzene rings is 3. The van der Waals surface area contributed by atoms with E-state index in [4.69, 9.17) is 9.40 Å². The molecule has 2 nitrogen and oxygen atoms in total. The average Bonchev–Trinajstić information content (AvgIpc) is 3.32. The molecule has 35 heavy (non-hydrogen) atoms. The SMILES string of the molecule is CC(C)CC1Sc2cc3c(cc2C1C)oc1c(-c2cc(C(C)(C)C)c4ccccc4c2)nccc13. The van der Waals surface area contributed by atoms with Crippen molar-refractivity contribution in [2.24, 2.45) is 5.92 Å². The van der Waals surface area contributed by atoms with E-state index in [9.17, 15) is 0 Å². The average molecular weight is 480 g/mol. The van der Waals surface area contributed by atoms with Crippen molar-refractivity contribution in [1.29, 1.82) is 0 Å². The van der Waals surface area contributed by atoms with Gasteiger partial charge in [-0.05, 0) is 75.9 Å². The third kappa shape index (κ3) is 3.76. The summed E-state index contributed by atoms with van der Waals surface area (Å²) in [6.07, 6.45) is 3.18. The van der Waals surface area contributed by atoms with Crippen molar-refractivity contribution in [1.82, 2.24) is 4.98 Å². The highest BCUT2D eigenvalue weighted by molar-refractivity contribution is 8.00. The molecule has 1 aliphatic rings. The molecule has 0 aliphatic carbocycles. The van der Waals surface area contributed by atoms with Gasteiger partial charge in [0.25, 0.3) is 0 Å². The molecule has 3 aromatic carbocycles. The third-order valence-electron chi connectivity index (χ3n) is 7.49. The Morgan fingerprint density at radius 2 is 1.77 bits per heavy atom. The lowest BCUT2D eigenvalue weighted by atomic mass is 9.82. The molecule has 0 fully saturated rings. The summed E-state index contributed by atoms with van der Waals surface area (Å²) in [4.78, 5) is 6.26. The lowest BCUT2D eigenvalue weighted by molar-refractivity contribution is 0.534. The van der Waals surface area contributed by atoms with Crippen LogP contribution in [0.4, 0.5) is 0 Å². The minimum atomic E-state index is 0.0259. The number of fused-ring (bicyclic) bond motifs is 5. The molecule has 0 saturated carbocycles. The predicted octanol–water partition coefficient (Wildman–Crippen LogP) is 9.72. The Labute approximate surface area is 212 Å². The largest absolute Gasteiger partial charge is 0.454 e.